The van der Waals surface area contributed by atoms with E-state index in [1.165, 1.54) is 0 Å². The summed E-state index contributed by atoms with van der Waals surface area (Å²) in [5.74, 6) is 0. The number of methoxy groups -OCH3 is 1. The van der Waals surface area contributed by atoms with Gasteiger partial charge in [-0.2, -0.15) is 0 Å². The van der Waals surface area contributed by atoms with Crippen molar-refractivity contribution in [3.8, 4) is 0 Å². The van der Waals surface area contributed by atoms with Gasteiger partial charge in [0.05, 0.1) is 0 Å². The van der Waals surface area contributed by atoms with Crippen molar-refractivity contribution in [2.45, 2.75) is 55.8 Å². The van der Waals surface area contributed by atoms with Gasteiger partial charge in [-0.15, -0.1) is 0 Å². The van der Waals surface area contributed by atoms with Crippen LogP contribution in [-0.2, 0) is 43.5 Å². The van der Waals surface area contributed by atoms with E-state index in [4.69, 9.17) is 23.7 Å². The third-order valence-electron chi connectivity index (χ3n) is 7.07. The van der Waals surface area contributed by atoms with Crippen LogP contribution in [-0.4, -0.2) is 57.5 Å². The summed E-state index contributed by atoms with van der Waals surface area (Å²) >= 11 is -0.375. The number of rotatable bonds is 14. The fourth-order valence-corrected chi connectivity index (χ4v) is 6.75. The molecular formula is C35H36O6Se. The molecule has 1 fully saturated rings. The van der Waals surface area contributed by atoms with Crippen LogP contribution in [0.25, 0.3) is 0 Å². The summed E-state index contributed by atoms with van der Waals surface area (Å²) in [4.78, 5) is 13.1. The van der Waals surface area contributed by atoms with Crippen molar-refractivity contribution in [1.82, 2.24) is 0 Å². The van der Waals surface area contributed by atoms with E-state index in [0.29, 0.717) is 30.7 Å². The molecule has 1 heterocycles. The Morgan fingerprint density at radius 1 is 0.619 bits per heavy atom. The van der Waals surface area contributed by atoms with Crippen LogP contribution in [0.5, 0.6) is 0 Å². The molecule has 0 amide bonds. The first-order valence-corrected chi connectivity index (χ1v) is 16.1. The minimum atomic E-state index is -0.696. The predicted molar refractivity (Wildman–Crippen MR) is 162 cm³/mol. The Labute approximate surface area is 254 Å². The summed E-state index contributed by atoms with van der Waals surface area (Å²) in [6.45, 7) is 1.12. The predicted octanol–water partition coefficient (Wildman–Crippen LogP) is 6.08. The van der Waals surface area contributed by atoms with Crippen LogP contribution in [0.2, 0.25) is 5.32 Å². The maximum atomic E-state index is 13.1. The Morgan fingerprint density at radius 3 is 1.52 bits per heavy atom. The van der Waals surface area contributed by atoms with E-state index in [1.807, 2.05) is 121 Å². The summed E-state index contributed by atoms with van der Waals surface area (Å²) in [6, 6.07) is 39.5. The van der Waals surface area contributed by atoms with E-state index in [9.17, 15) is 4.79 Å². The van der Waals surface area contributed by atoms with Crippen LogP contribution < -0.4 is 0 Å². The number of hydrogen-bond donors (Lipinski definition) is 0. The summed E-state index contributed by atoms with van der Waals surface area (Å²) in [5, 5.41) is 0.511. The van der Waals surface area contributed by atoms with Crippen LogP contribution >= 0.6 is 0 Å². The van der Waals surface area contributed by atoms with Gasteiger partial charge in [0.1, 0.15) is 0 Å². The van der Waals surface area contributed by atoms with Crippen LogP contribution in [0.1, 0.15) is 27.0 Å². The van der Waals surface area contributed by atoms with E-state index in [-0.39, 0.29) is 19.6 Å². The Balaban J connectivity index is 1.40. The van der Waals surface area contributed by atoms with Crippen LogP contribution in [0.15, 0.2) is 121 Å². The van der Waals surface area contributed by atoms with Gasteiger partial charge in [0.25, 0.3) is 0 Å². The molecule has 0 radical (unpaired) electrons. The van der Waals surface area contributed by atoms with Gasteiger partial charge in [-0.1, -0.05) is 0 Å². The first-order valence-electron chi connectivity index (χ1n) is 14.1. The molecule has 5 atom stereocenters. The van der Waals surface area contributed by atoms with Gasteiger partial charge in [-0.25, -0.2) is 0 Å². The number of hydrogen-bond acceptors (Lipinski definition) is 6. The van der Waals surface area contributed by atoms with Crippen molar-refractivity contribution in [3.63, 3.8) is 0 Å². The van der Waals surface area contributed by atoms with Gasteiger partial charge >= 0.3 is 255 Å². The molecule has 0 spiro atoms. The summed E-state index contributed by atoms with van der Waals surface area (Å²) in [6.07, 6.45) is -2.69. The molecule has 218 valence electrons. The average Bonchev–Trinajstić information content (AvgIpc) is 3.06. The molecule has 5 rings (SSSR count). The number of carbonyl (C=O) groups is 1. The van der Waals surface area contributed by atoms with E-state index in [1.54, 1.807) is 7.11 Å². The zero-order valence-corrected chi connectivity index (χ0v) is 25.3. The Kier molecular flexibility index (Phi) is 11.5. The quantitative estimate of drug-likeness (QED) is 0.157. The molecule has 0 bridgehead atoms. The molecule has 0 unspecified atom stereocenters. The molecule has 0 aliphatic carbocycles. The maximum absolute atomic E-state index is 13.1. The molecule has 1 aliphatic heterocycles. The van der Waals surface area contributed by atoms with Crippen molar-refractivity contribution in [2.75, 3.05) is 7.11 Å². The summed E-state index contributed by atoms with van der Waals surface area (Å²) in [7, 11) is 1.61. The average molecular weight is 632 g/mol. The van der Waals surface area contributed by atoms with Crippen molar-refractivity contribution >= 4 is 19.6 Å². The van der Waals surface area contributed by atoms with Crippen LogP contribution in [0.3, 0.4) is 0 Å². The SMILES string of the molecule is CO[C@H]1O[C@H](C[Se]C(=O)c2ccccc2)[C@@H](OCc2ccccc2)[C@H](OCc2ccccc2)[C@H]1OCc1ccccc1. The zero-order chi connectivity index (χ0) is 29.0. The van der Waals surface area contributed by atoms with Crippen molar-refractivity contribution < 1.29 is 28.5 Å². The summed E-state index contributed by atoms with van der Waals surface area (Å²) in [5.41, 5.74) is 3.83. The number of carbonyl (C=O) groups excluding carboxylic acids is 1. The fraction of sp³-hybridized carbons (Fsp3) is 0.286. The molecule has 4 aromatic rings. The van der Waals surface area contributed by atoms with Crippen molar-refractivity contribution in [1.29, 1.82) is 0 Å². The number of ether oxygens (including phenoxy) is 5. The van der Waals surface area contributed by atoms with E-state index < -0.39 is 30.7 Å². The first kappa shape index (κ1) is 30.3. The molecule has 0 saturated carbocycles. The van der Waals surface area contributed by atoms with E-state index in [0.717, 1.165) is 16.7 Å². The standard InChI is InChI=1S/C35H36O6Se/c1-37-35-33(40-24-28-18-10-4-11-19-28)32(39-23-27-16-8-3-9-17-27)31(38-22-26-14-6-2-7-15-26)30(41-35)25-42-34(36)29-20-12-5-13-21-29/h2-21,30-33,35H,22-25H2,1H3/t30-,31-,32+,33-,35+/m1/s1. The number of benzene rings is 4. The van der Waals surface area contributed by atoms with Crippen LogP contribution in [0, 0.1) is 0 Å². The zero-order valence-electron chi connectivity index (χ0n) is 23.6. The minimum absolute atomic E-state index is 0.117. The van der Waals surface area contributed by atoms with Gasteiger partial charge in [0, 0.05) is 0 Å². The second kappa shape index (κ2) is 15.9. The third kappa shape index (κ3) is 8.46. The molecule has 0 N–H and O–H groups in total. The van der Waals surface area contributed by atoms with Gasteiger partial charge in [0.2, 0.25) is 0 Å². The topological polar surface area (TPSA) is 63.2 Å². The van der Waals surface area contributed by atoms with Gasteiger partial charge in [-0.3, -0.25) is 0 Å². The van der Waals surface area contributed by atoms with E-state index >= 15 is 0 Å². The Morgan fingerprint density at radius 2 is 1.05 bits per heavy atom. The molecule has 1 aliphatic rings. The van der Waals surface area contributed by atoms with Gasteiger partial charge in [-0.05, 0) is 0 Å². The second-order valence-electron chi connectivity index (χ2n) is 10.0. The monoisotopic (exact) mass is 632 g/mol. The Hall–Kier alpha value is -3.13. The van der Waals surface area contributed by atoms with E-state index in [2.05, 4.69) is 0 Å². The fourth-order valence-electron chi connectivity index (χ4n) is 4.89. The second-order valence-corrected chi connectivity index (χ2v) is 12.1. The normalized spacial score (nSPS) is 22.1. The molecule has 1 saturated heterocycles. The van der Waals surface area contributed by atoms with Gasteiger partial charge in [0.15, 0.2) is 0 Å². The van der Waals surface area contributed by atoms with Crippen molar-refractivity contribution in [3.05, 3.63) is 144 Å². The third-order valence-corrected chi connectivity index (χ3v) is 9.15. The first-order chi connectivity index (χ1) is 20.7. The van der Waals surface area contributed by atoms with Crippen LogP contribution in [0.4, 0.5) is 0 Å². The molecule has 7 heteroatoms. The van der Waals surface area contributed by atoms with Crippen molar-refractivity contribution in [2.24, 2.45) is 0 Å². The molecule has 0 aromatic heterocycles. The molecule has 42 heavy (non-hydrogen) atoms. The molecule has 6 nitrogen and oxygen atoms in total. The Bertz CT molecular complexity index is 1340. The molecule has 4 aromatic carbocycles. The molecular weight excluding hydrogens is 595 g/mol. The summed E-state index contributed by atoms with van der Waals surface area (Å²) < 4.78 is 32.2. The van der Waals surface area contributed by atoms with Gasteiger partial charge < -0.3 is 0 Å².